The molecular weight excluding hydrogens is 769 g/mol. The second-order valence-electron chi connectivity index (χ2n) is 18.1. The smallest absolute Gasteiger partial charge is 0.139 e. The SMILES string of the molecule is Cc1cc(C)cc(N(c2ccc3cc4c(cc3c2)oc2c(C(C)C)c3c(cc24)oc2cc4cc(N(c5cc(C)cc(C)c5)c5ccccc5C)ccc4cc23)c2ccccc2C)c1. The molecule has 2 heterocycles. The summed E-state index contributed by atoms with van der Waals surface area (Å²) in [6.07, 6.45) is 0. The number of aryl methyl sites for hydroxylation is 6. The van der Waals surface area contributed by atoms with Crippen molar-refractivity contribution in [1.29, 1.82) is 0 Å². The highest BCUT2D eigenvalue weighted by Crippen LogP contribution is 2.46. The van der Waals surface area contributed by atoms with Crippen molar-refractivity contribution in [2.24, 2.45) is 0 Å². The fourth-order valence-corrected chi connectivity index (χ4v) is 10.1. The molecule has 9 aromatic carbocycles. The first-order valence-corrected chi connectivity index (χ1v) is 22.1. The summed E-state index contributed by atoms with van der Waals surface area (Å²) in [5, 5.41) is 9.01. The summed E-state index contributed by atoms with van der Waals surface area (Å²) in [6.45, 7) is 17.6. The van der Waals surface area contributed by atoms with Gasteiger partial charge in [0.2, 0.25) is 0 Å². The van der Waals surface area contributed by atoms with Crippen molar-refractivity contribution in [2.75, 3.05) is 9.80 Å². The Bertz CT molecular complexity index is 3480. The summed E-state index contributed by atoms with van der Waals surface area (Å²) in [6, 6.07) is 55.6. The molecule has 0 unspecified atom stereocenters. The van der Waals surface area contributed by atoms with Crippen LogP contribution >= 0.6 is 0 Å². The standard InChI is InChI=1S/C59H50N2O2/c1-34(2)57-58-51-30-42-18-20-46(61(53-16-12-10-14-40(53)8)48-25-37(5)22-38(6)26-48)28-44(42)32-55(51)62-56(58)33-50-49-29-41-17-19-45(27-43(41)31-54(49)63-59(50)57)60(52-15-11-9-13-39(52)7)47-23-35(3)21-36(4)24-47/h9-34H,1-8H3. The summed E-state index contributed by atoms with van der Waals surface area (Å²) in [7, 11) is 0. The van der Waals surface area contributed by atoms with E-state index in [4.69, 9.17) is 8.83 Å². The van der Waals surface area contributed by atoms with Gasteiger partial charge in [-0.05, 0) is 193 Å². The Hall–Kier alpha value is -7.30. The molecule has 4 heteroatoms. The second-order valence-corrected chi connectivity index (χ2v) is 18.1. The van der Waals surface area contributed by atoms with E-state index in [9.17, 15) is 0 Å². The maximum Gasteiger partial charge on any atom is 0.139 e. The lowest BCUT2D eigenvalue weighted by Gasteiger charge is -2.28. The number of para-hydroxylation sites is 2. The highest BCUT2D eigenvalue weighted by atomic mass is 16.3. The third-order valence-corrected chi connectivity index (χ3v) is 12.9. The minimum atomic E-state index is 0.192. The van der Waals surface area contributed by atoms with Crippen LogP contribution in [-0.2, 0) is 0 Å². The van der Waals surface area contributed by atoms with Gasteiger partial charge in [-0.15, -0.1) is 0 Å². The van der Waals surface area contributed by atoms with Crippen LogP contribution < -0.4 is 9.80 Å². The molecule has 0 fully saturated rings. The summed E-state index contributed by atoms with van der Waals surface area (Å²) >= 11 is 0. The summed E-state index contributed by atoms with van der Waals surface area (Å²) in [5.41, 5.74) is 19.0. The van der Waals surface area contributed by atoms with E-state index < -0.39 is 0 Å². The van der Waals surface area contributed by atoms with E-state index in [0.29, 0.717) is 0 Å². The molecule has 0 aliphatic heterocycles. The minimum Gasteiger partial charge on any atom is -0.456 e. The zero-order valence-electron chi connectivity index (χ0n) is 37.2. The molecule has 0 bridgehead atoms. The molecule has 2 aromatic heterocycles. The Morgan fingerprint density at radius 2 is 0.857 bits per heavy atom. The van der Waals surface area contributed by atoms with Crippen molar-refractivity contribution in [2.45, 2.75) is 61.3 Å². The number of hydrogen-bond donors (Lipinski definition) is 0. The van der Waals surface area contributed by atoms with Gasteiger partial charge in [-0.25, -0.2) is 0 Å². The van der Waals surface area contributed by atoms with E-state index in [2.05, 4.69) is 217 Å². The normalized spacial score (nSPS) is 12.0. The number of nitrogens with zero attached hydrogens (tertiary/aromatic N) is 2. The quantitative estimate of drug-likeness (QED) is 0.160. The Morgan fingerprint density at radius 1 is 0.381 bits per heavy atom. The van der Waals surface area contributed by atoms with Crippen LogP contribution in [0.4, 0.5) is 34.1 Å². The van der Waals surface area contributed by atoms with Gasteiger partial charge in [0, 0.05) is 61.2 Å². The molecule has 0 amide bonds. The van der Waals surface area contributed by atoms with E-state index in [1.165, 1.54) is 44.3 Å². The maximum absolute atomic E-state index is 6.98. The van der Waals surface area contributed by atoms with Crippen molar-refractivity contribution >= 4 is 99.5 Å². The Balaban J connectivity index is 1.06. The predicted molar refractivity (Wildman–Crippen MR) is 268 cm³/mol. The Morgan fingerprint density at radius 3 is 1.35 bits per heavy atom. The Kier molecular flexibility index (Phi) is 8.99. The van der Waals surface area contributed by atoms with Gasteiger partial charge < -0.3 is 18.6 Å². The third-order valence-electron chi connectivity index (χ3n) is 12.9. The average Bonchev–Trinajstić information content (AvgIpc) is 3.78. The van der Waals surface area contributed by atoms with Gasteiger partial charge in [0.15, 0.2) is 0 Å². The van der Waals surface area contributed by atoms with E-state index in [1.54, 1.807) is 0 Å². The number of fused-ring (bicyclic) bond motifs is 8. The lowest BCUT2D eigenvalue weighted by Crippen LogP contribution is -2.11. The number of furan rings is 2. The van der Waals surface area contributed by atoms with Gasteiger partial charge in [-0.1, -0.05) is 74.5 Å². The fourth-order valence-electron chi connectivity index (χ4n) is 10.1. The predicted octanol–water partition coefficient (Wildman–Crippen LogP) is 17.7. The molecule has 0 spiro atoms. The van der Waals surface area contributed by atoms with Gasteiger partial charge >= 0.3 is 0 Å². The van der Waals surface area contributed by atoms with Crippen molar-refractivity contribution in [3.05, 3.63) is 191 Å². The van der Waals surface area contributed by atoms with Crippen LogP contribution in [0.1, 0.15) is 58.7 Å². The summed E-state index contributed by atoms with van der Waals surface area (Å²) < 4.78 is 13.9. The summed E-state index contributed by atoms with van der Waals surface area (Å²) in [4.78, 5) is 4.76. The van der Waals surface area contributed by atoms with Gasteiger partial charge in [0.05, 0.1) is 0 Å². The molecule has 0 aliphatic rings. The number of hydrogen-bond acceptors (Lipinski definition) is 4. The molecule has 0 N–H and O–H groups in total. The van der Waals surface area contributed by atoms with Crippen LogP contribution in [0.2, 0.25) is 0 Å². The van der Waals surface area contributed by atoms with Crippen LogP contribution in [0.5, 0.6) is 0 Å². The maximum atomic E-state index is 6.98. The molecule has 4 nitrogen and oxygen atoms in total. The minimum absolute atomic E-state index is 0.192. The highest BCUT2D eigenvalue weighted by molar-refractivity contribution is 6.20. The average molecular weight is 819 g/mol. The third kappa shape index (κ3) is 6.52. The van der Waals surface area contributed by atoms with Crippen LogP contribution in [-0.4, -0.2) is 0 Å². The van der Waals surface area contributed by atoms with Crippen LogP contribution in [0.15, 0.2) is 160 Å². The number of benzene rings is 9. The van der Waals surface area contributed by atoms with E-state index in [1.807, 2.05) is 0 Å². The molecule has 308 valence electrons. The molecular formula is C59H50N2O2. The van der Waals surface area contributed by atoms with Crippen LogP contribution in [0, 0.1) is 41.5 Å². The molecule has 0 saturated carbocycles. The van der Waals surface area contributed by atoms with Gasteiger partial charge in [-0.3, -0.25) is 0 Å². The topological polar surface area (TPSA) is 32.8 Å². The first kappa shape index (κ1) is 38.6. The van der Waals surface area contributed by atoms with Gasteiger partial charge in [0.25, 0.3) is 0 Å². The molecule has 11 rings (SSSR count). The zero-order valence-corrected chi connectivity index (χ0v) is 37.2. The first-order valence-electron chi connectivity index (χ1n) is 22.1. The van der Waals surface area contributed by atoms with Gasteiger partial charge in [0.1, 0.15) is 22.3 Å². The second kappa shape index (κ2) is 14.7. The summed E-state index contributed by atoms with van der Waals surface area (Å²) in [5.74, 6) is 0.192. The van der Waals surface area contributed by atoms with E-state index in [-0.39, 0.29) is 5.92 Å². The first-order chi connectivity index (χ1) is 30.5. The molecule has 11 aromatic rings. The van der Waals surface area contributed by atoms with Gasteiger partial charge in [-0.2, -0.15) is 0 Å². The Labute approximate surface area is 368 Å². The van der Waals surface area contributed by atoms with Crippen LogP contribution in [0.3, 0.4) is 0 Å². The molecule has 0 atom stereocenters. The fraction of sp³-hybridized carbons (Fsp3) is 0.153. The van der Waals surface area contributed by atoms with E-state index >= 15 is 0 Å². The van der Waals surface area contributed by atoms with Crippen molar-refractivity contribution in [1.82, 2.24) is 0 Å². The highest BCUT2D eigenvalue weighted by Gasteiger charge is 2.24. The number of rotatable bonds is 7. The van der Waals surface area contributed by atoms with Crippen molar-refractivity contribution in [3.63, 3.8) is 0 Å². The number of anilines is 6. The van der Waals surface area contributed by atoms with Crippen LogP contribution in [0.25, 0.3) is 65.4 Å². The molecule has 0 aliphatic carbocycles. The van der Waals surface area contributed by atoms with Crippen molar-refractivity contribution in [3.8, 4) is 0 Å². The molecule has 63 heavy (non-hydrogen) atoms. The largest absolute Gasteiger partial charge is 0.456 e. The lowest BCUT2D eigenvalue weighted by atomic mass is 9.93. The van der Waals surface area contributed by atoms with E-state index in [0.717, 1.165) is 94.2 Å². The zero-order chi connectivity index (χ0) is 43.3. The molecule has 0 radical (unpaired) electrons. The molecule has 0 saturated heterocycles. The monoisotopic (exact) mass is 818 g/mol. The van der Waals surface area contributed by atoms with Crippen molar-refractivity contribution < 1.29 is 8.83 Å². The lowest BCUT2D eigenvalue weighted by molar-refractivity contribution is 0.655.